The fraction of sp³-hybridized carbons (Fsp3) is 0.0952. The Morgan fingerprint density at radius 3 is 2.71 bits per heavy atom. The van der Waals surface area contributed by atoms with Crippen LogP contribution in [0.5, 0.6) is 0 Å². The molecule has 0 radical (unpaired) electrons. The number of anilines is 1. The van der Waals surface area contributed by atoms with Crippen molar-refractivity contribution in [2.75, 3.05) is 5.32 Å². The highest BCUT2D eigenvalue weighted by Crippen LogP contribution is 2.26. The van der Waals surface area contributed by atoms with E-state index in [4.69, 9.17) is 16.1 Å². The SMILES string of the molecule is Cc1cccc(Cl)c1NC(=O)Cn1cccc1-c1nc(-c2ccccc2)no1. The van der Waals surface area contributed by atoms with Gasteiger partial charge in [-0.3, -0.25) is 4.79 Å². The van der Waals surface area contributed by atoms with Gasteiger partial charge in [-0.2, -0.15) is 4.98 Å². The summed E-state index contributed by atoms with van der Waals surface area (Å²) in [5, 5.41) is 7.41. The first-order chi connectivity index (χ1) is 13.6. The summed E-state index contributed by atoms with van der Waals surface area (Å²) in [6.45, 7) is 1.99. The number of carbonyl (C=O) groups excluding carboxylic acids is 1. The number of nitrogens with one attached hydrogen (secondary N) is 1. The maximum atomic E-state index is 12.5. The number of nitrogens with zero attached hydrogens (tertiary/aromatic N) is 3. The van der Waals surface area contributed by atoms with Crippen LogP contribution >= 0.6 is 11.6 Å². The Labute approximate surface area is 166 Å². The van der Waals surface area contributed by atoms with Gasteiger partial charge in [-0.05, 0) is 30.7 Å². The number of amides is 1. The van der Waals surface area contributed by atoms with Crippen molar-refractivity contribution in [1.82, 2.24) is 14.7 Å². The molecule has 0 saturated heterocycles. The van der Waals surface area contributed by atoms with Crippen molar-refractivity contribution in [3.8, 4) is 23.0 Å². The van der Waals surface area contributed by atoms with Gasteiger partial charge in [0, 0.05) is 11.8 Å². The molecule has 0 atom stereocenters. The van der Waals surface area contributed by atoms with Crippen LogP contribution in [0, 0.1) is 6.92 Å². The van der Waals surface area contributed by atoms with Crippen LogP contribution in [0.1, 0.15) is 5.56 Å². The summed E-state index contributed by atoms with van der Waals surface area (Å²) in [6.07, 6.45) is 1.79. The first-order valence-corrected chi connectivity index (χ1v) is 9.09. The van der Waals surface area contributed by atoms with Gasteiger partial charge >= 0.3 is 0 Å². The molecule has 4 rings (SSSR count). The molecular weight excluding hydrogens is 376 g/mol. The lowest BCUT2D eigenvalue weighted by Gasteiger charge is -2.11. The van der Waals surface area contributed by atoms with Gasteiger partial charge in [-0.1, -0.05) is 59.2 Å². The number of hydrogen-bond acceptors (Lipinski definition) is 4. The van der Waals surface area contributed by atoms with Gasteiger partial charge in [0.2, 0.25) is 11.7 Å². The molecule has 7 heteroatoms. The van der Waals surface area contributed by atoms with Crippen LogP contribution in [0.2, 0.25) is 5.02 Å². The van der Waals surface area contributed by atoms with Gasteiger partial charge in [0.25, 0.3) is 5.89 Å². The van der Waals surface area contributed by atoms with Crippen molar-refractivity contribution >= 4 is 23.2 Å². The number of para-hydroxylation sites is 1. The van der Waals surface area contributed by atoms with Crippen LogP contribution in [0.3, 0.4) is 0 Å². The van der Waals surface area contributed by atoms with Gasteiger partial charge in [-0.25, -0.2) is 0 Å². The van der Waals surface area contributed by atoms with Crippen LogP contribution in [-0.4, -0.2) is 20.6 Å². The topological polar surface area (TPSA) is 73.0 Å². The van der Waals surface area contributed by atoms with Crippen molar-refractivity contribution in [1.29, 1.82) is 0 Å². The number of aryl methyl sites for hydroxylation is 1. The van der Waals surface area contributed by atoms with Gasteiger partial charge in [0.1, 0.15) is 12.2 Å². The molecule has 4 aromatic rings. The Morgan fingerprint density at radius 2 is 1.93 bits per heavy atom. The molecule has 0 fully saturated rings. The average molecular weight is 393 g/mol. The molecule has 0 unspecified atom stereocenters. The van der Waals surface area contributed by atoms with Crippen molar-refractivity contribution in [3.05, 3.63) is 77.4 Å². The zero-order valence-corrected chi connectivity index (χ0v) is 15.8. The third kappa shape index (κ3) is 3.68. The van der Waals surface area contributed by atoms with E-state index in [1.54, 1.807) is 16.8 Å². The minimum atomic E-state index is -0.198. The molecule has 2 aromatic carbocycles. The first-order valence-electron chi connectivity index (χ1n) is 8.71. The maximum Gasteiger partial charge on any atom is 0.274 e. The largest absolute Gasteiger partial charge is 0.334 e. The lowest BCUT2D eigenvalue weighted by molar-refractivity contribution is -0.116. The van der Waals surface area contributed by atoms with E-state index >= 15 is 0 Å². The molecule has 0 aliphatic rings. The minimum Gasteiger partial charge on any atom is -0.334 e. The molecule has 0 aliphatic heterocycles. The Bertz CT molecular complexity index is 1100. The zero-order valence-electron chi connectivity index (χ0n) is 15.1. The fourth-order valence-electron chi connectivity index (χ4n) is 2.90. The monoisotopic (exact) mass is 392 g/mol. The molecule has 0 saturated carbocycles. The molecule has 2 aromatic heterocycles. The summed E-state index contributed by atoms with van der Waals surface area (Å²) in [4.78, 5) is 17.0. The van der Waals surface area contributed by atoms with Crippen molar-refractivity contribution in [3.63, 3.8) is 0 Å². The van der Waals surface area contributed by atoms with Crippen LogP contribution in [0.25, 0.3) is 23.0 Å². The molecule has 0 bridgehead atoms. The lowest BCUT2D eigenvalue weighted by Crippen LogP contribution is -2.19. The van der Waals surface area contributed by atoms with E-state index in [-0.39, 0.29) is 12.5 Å². The first kappa shape index (κ1) is 18.0. The number of hydrogen-bond donors (Lipinski definition) is 1. The second kappa shape index (κ2) is 7.70. The molecular formula is C21H17ClN4O2. The standard InChI is InChI=1S/C21H17ClN4O2/c1-14-7-5-10-16(22)19(14)23-18(27)13-26-12-6-11-17(26)21-24-20(25-28-21)15-8-3-2-4-9-15/h2-12H,13H2,1H3,(H,23,27). The number of benzene rings is 2. The van der Waals surface area contributed by atoms with Crippen LogP contribution < -0.4 is 5.32 Å². The molecule has 140 valence electrons. The summed E-state index contributed by atoms with van der Waals surface area (Å²) in [6, 6.07) is 18.7. The molecule has 1 N–H and O–H groups in total. The van der Waals surface area contributed by atoms with Crippen LogP contribution in [0.4, 0.5) is 5.69 Å². The van der Waals surface area contributed by atoms with E-state index in [0.29, 0.717) is 28.1 Å². The van der Waals surface area contributed by atoms with Gasteiger partial charge in [-0.15, -0.1) is 0 Å². The average Bonchev–Trinajstić information content (AvgIpc) is 3.35. The molecule has 0 aliphatic carbocycles. The Kier molecular flexibility index (Phi) is 4.95. The predicted molar refractivity (Wildman–Crippen MR) is 108 cm³/mol. The minimum absolute atomic E-state index is 0.0933. The van der Waals surface area contributed by atoms with E-state index < -0.39 is 0 Å². The van der Waals surface area contributed by atoms with E-state index in [1.165, 1.54) is 0 Å². The van der Waals surface area contributed by atoms with Crippen LogP contribution in [0.15, 0.2) is 71.4 Å². The van der Waals surface area contributed by atoms with E-state index in [1.807, 2.05) is 61.5 Å². The predicted octanol–water partition coefficient (Wildman–Crippen LogP) is 4.81. The van der Waals surface area contributed by atoms with Gasteiger partial charge in [0.15, 0.2) is 0 Å². The van der Waals surface area contributed by atoms with Crippen LogP contribution in [-0.2, 0) is 11.3 Å². The molecule has 2 heterocycles. The highest BCUT2D eigenvalue weighted by atomic mass is 35.5. The Morgan fingerprint density at radius 1 is 1.11 bits per heavy atom. The smallest absolute Gasteiger partial charge is 0.274 e. The number of rotatable bonds is 5. The van der Waals surface area contributed by atoms with E-state index in [2.05, 4.69) is 15.5 Å². The summed E-state index contributed by atoms with van der Waals surface area (Å²) in [5.41, 5.74) is 3.05. The van der Waals surface area contributed by atoms with Gasteiger partial charge < -0.3 is 14.4 Å². The molecule has 28 heavy (non-hydrogen) atoms. The summed E-state index contributed by atoms with van der Waals surface area (Å²) in [5.74, 6) is 0.654. The third-order valence-corrected chi connectivity index (χ3v) is 4.62. The van der Waals surface area contributed by atoms with E-state index in [0.717, 1.165) is 11.1 Å². The van der Waals surface area contributed by atoms with Crippen molar-refractivity contribution < 1.29 is 9.32 Å². The fourth-order valence-corrected chi connectivity index (χ4v) is 3.17. The van der Waals surface area contributed by atoms with E-state index in [9.17, 15) is 4.79 Å². The van der Waals surface area contributed by atoms with Crippen molar-refractivity contribution in [2.45, 2.75) is 13.5 Å². The molecule has 6 nitrogen and oxygen atoms in total. The zero-order chi connectivity index (χ0) is 19.5. The Balaban J connectivity index is 1.54. The second-order valence-corrected chi connectivity index (χ2v) is 6.70. The quantitative estimate of drug-likeness (QED) is 0.529. The summed E-state index contributed by atoms with van der Waals surface area (Å²) >= 11 is 6.19. The number of carbonyl (C=O) groups is 1. The number of halogens is 1. The normalized spacial score (nSPS) is 10.8. The highest BCUT2D eigenvalue weighted by molar-refractivity contribution is 6.33. The summed E-state index contributed by atoms with van der Waals surface area (Å²) in [7, 11) is 0. The van der Waals surface area contributed by atoms with Gasteiger partial charge in [0.05, 0.1) is 10.7 Å². The summed E-state index contributed by atoms with van der Waals surface area (Å²) < 4.78 is 7.16. The Hall–Kier alpha value is -3.38. The molecule has 1 amide bonds. The third-order valence-electron chi connectivity index (χ3n) is 4.31. The van der Waals surface area contributed by atoms with Crippen molar-refractivity contribution in [2.24, 2.45) is 0 Å². The lowest BCUT2D eigenvalue weighted by atomic mass is 10.2. The highest BCUT2D eigenvalue weighted by Gasteiger charge is 2.16. The molecule has 0 spiro atoms. The second-order valence-electron chi connectivity index (χ2n) is 6.29. The maximum absolute atomic E-state index is 12.5. The number of aromatic nitrogens is 3.